The molecule has 0 atom stereocenters. The smallest absolute Gasteiger partial charge is 0.142 e. The van der Waals surface area contributed by atoms with E-state index in [2.05, 4.69) is 37.5 Å². The van der Waals surface area contributed by atoms with Gasteiger partial charge >= 0.3 is 0 Å². The summed E-state index contributed by atoms with van der Waals surface area (Å²) < 4.78 is 1.03. The van der Waals surface area contributed by atoms with Crippen LogP contribution in [0, 0.1) is 3.57 Å². The van der Waals surface area contributed by atoms with Gasteiger partial charge in [0.1, 0.15) is 11.6 Å². The number of rotatable bonds is 1. The molecule has 3 aromatic rings. The van der Waals surface area contributed by atoms with Gasteiger partial charge < -0.3 is 10.7 Å². The number of para-hydroxylation sites is 2. The molecule has 84 valence electrons. The summed E-state index contributed by atoms with van der Waals surface area (Å²) in [6.07, 6.45) is 1.74. The van der Waals surface area contributed by atoms with E-state index in [-0.39, 0.29) is 0 Å². The highest BCUT2D eigenvalue weighted by Gasteiger charge is 2.09. The number of hydrogen-bond donors (Lipinski definition) is 2. The summed E-state index contributed by atoms with van der Waals surface area (Å²) in [5, 5.41) is 0. The number of imidazole rings is 1. The second-order valence-electron chi connectivity index (χ2n) is 3.69. The molecule has 3 N–H and O–H groups in total. The molecule has 3 rings (SSSR count). The molecule has 0 aliphatic heterocycles. The first kappa shape index (κ1) is 10.5. The van der Waals surface area contributed by atoms with Crippen molar-refractivity contribution in [1.82, 2.24) is 15.0 Å². The van der Waals surface area contributed by atoms with E-state index in [1.165, 1.54) is 0 Å². The van der Waals surface area contributed by atoms with Crippen LogP contribution in [0.5, 0.6) is 0 Å². The summed E-state index contributed by atoms with van der Waals surface area (Å²) in [5.74, 6) is 1.25. The van der Waals surface area contributed by atoms with Crippen LogP contribution in [0.15, 0.2) is 36.5 Å². The Morgan fingerprint density at radius 2 is 2.06 bits per heavy atom. The van der Waals surface area contributed by atoms with Crippen molar-refractivity contribution in [2.45, 2.75) is 0 Å². The molecule has 17 heavy (non-hydrogen) atoms. The molecule has 0 amide bonds. The molecule has 0 aliphatic carbocycles. The van der Waals surface area contributed by atoms with Gasteiger partial charge in [-0.3, -0.25) is 0 Å². The molecular formula is C12H9IN4. The largest absolute Gasteiger partial charge is 0.383 e. The monoisotopic (exact) mass is 336 g/mol. The number of nitrogens with two attached hydrogens (primary N) is 1. The highest BCUT2D eigenvalue weighted by Crippen LogP contribution is 2.25. The number of H-pyrrole nitrogens is 1. The molecule has 0 radical (unpaired) electrons. The first-order valence-corrected chi connectivity index (χ1v) is 6.18. The number of anilines is 1. The van der Waals surface area contributed by atoms with Crippen molar-refractivity contribution >= 4 is 39.4 Å². The Labute approximate surface area is 111 Å². The zero-order valence-electron chi connectivity index (χ0n) is 8.81. The number of pyridine rings is 1. The van der Waals surface area contributed by atoms with Crippen molar-refractivity contribution in [3.8, 4) is 11.4 Å². The first-order valence-electron chi connectivity index (χ1n) is 5.10. The highest BCUT2D eigenvalue weighted by atomic mass is 127. The summed E-state index contributed by atoms with van der Waals surface area (Å²) in [6.45, 7) is 0. The lowest BCUT2D eigenvalue weighted by molar-refractivity contribution is 1.27. The second-order valence-corrected chi connectivity index (χ2v) is 4.93. The average Bonchev–Trinajstić information content (AvgIpc) is 2.75. The van der Waals surface area contributed by atoms with Crippen molar-refractivity contribution in [3.63, 3.8) is 0 Å². The van der Waals surface area contributed by atoms with Crippen LogP contribution < -0.4 is 5.73 Å². The van der Waals surface area contributed by atoms with E-state index in [0.717, 1.165) is 26.0 Å². The minimum absolute atomic E-state index is 0.490. The summed E-state index contributed by atoms with van der Waals surface area (Å²) in [5.41, 5.74) is 8.64. The molecule has 0 saturated heterocycles. The third-order valence-electron chi connectivity index (χ3n) is 2.53. The van der Waals surface area contributed by atoms with E-state index in [9.17, 15) is 0 Å². The van der Waals surface area contributed by atoms with Crippen LogP contribution in [0.1, 0.15) is 0 Å². The molecular weight excluding hydrogens is 327 g/mol. The Balaban J connectivity index is 2.23. The van der Waals surface area contributed by atoms with Crippen LogP contribution in [0.2, 0.25) is 0 Å². The Hall–Kier alpha value is -1.63. The van der Waals surface area contributed by atoms with Gasteiger partial charge in [-0.15, -0.1) is 0 Å². The van der Waals surface area contributed by atoms with Gasteiger partial charge in [0.15, 0.2) is 0 Å². The minimum atomic E-state index is 0.490. The predicted octanol–water partition coefficient (Wildman–Crippen LogP) is 2.81. The molecule has 4 nitrogen and oxygen atoms in total. The Kier molecular flexibility index (Phi) is 2.47. The SMILES string of the molecule is Nc1ncc(I)cc1-c1nc2ccccc2[nH]1. The molecule has 0 unspecified atom stereocenters. The lowest BCUT2D eigenvalue weighted by Crippen LogP contribution is -1.95. The maximum atomic E-state index is 5.87. The van der Waals surface area contributed by atoms with Crippen molar-refractivity contribution in [1.29, 1.82) is 0 Å². The topological polar surface area (TPSA) is 67.6 Å². The van der Waals surface area contributed by atoms with Crippen LogP contribution in [-0.4, -0.2) is 15.0 Å². The highest BCUT2D eigenvalue weighted by molar-refractivity contribution is 14.1. The Morgan fingerprint density at radius 1 is 1.24 bits per heavy atom. The molecule has 0 bridgehead atoms. The van der Waals surface area contributed by atoms with Gasteiger partial charge in [-0.25, -0.2) is 9.97 Å². The summed E-state index contributed by atoms with van der Waals surface area (Å²) in [7, 11) is 0. The lowest BCUT2D eigenvalue weighted by Gasteiger charge is -2.01. The number of nitrogen functional groups attached to an aromatic ring is 1. The van der Waals surface area contributed by atoms with Gasteiger partial charge in [-0.1, -0.05) is 12.1 Å². The fourth-order valence-electron chi connectivity index (χ4n) is 1.72. The number of halogens is 1. The number of nitrogens with zero attached hydrogens (tertiary/aromatic N) is 2. The van der Waals surface area contributed by atoms with Gasteiger partial charge in [0.05, 0.1) is 16.6 Å². The average molecular weight is 336 g/mol. The summed E-state index contributed by atoms with van der Waals surface area (Å²) in [4.78, 5) is 11.9. The maximum Gasteiger partial charge on any atom is 0.142 e. The van der Waals surface area contributed by atoms with Gasteiger partial charge in [0, 0.05) is 9.77 Å². The second kappa shape index (κ2) is 3.99. The van der Waals surface area contributed by atoms with E-state index in [1.54, 1.807) is 6.20 Å². The zero-order chi connectivity index (χ0) is 11.8. The van der Waals surface area contributed by atoms with E-state index >= 15 is 0 Å². The lowest BCUT2D eigenvalue weighted by atomic mass is 10.2. The van der Waals surface area contributed by atoms with Crippen LogP contribution in [0.3, 0.4) is 0 Å². The van der Waals surface area contributed by atoms with Crippen LogP contribution in [0.25, 0.3) is 22.4 Å². The molecule has 0 fully saturated rings. The van der Waals surface area contributed by atoms with Crippen LogP contribution in [-0.2, 0) is 0 Å². The first-order chi connectivity index (χ1) is 8.24. The van der Waals surface area contributed by atoms with Gasteiger partial charge in [-0.05, 0) is 40.8 Å². The van der Waals surface area contributed by atoms with Gasteiger partial charge in [-0.2, -0.15) is 0 Å². The normalized spacial score (nSPS) is 10.9. The summed E-state index contributed by atoms with van der Waals surface area (Å²) in [6, 6.07) is 9.86. The molecule has 1 aromatic carbocycles. The third kappa shape index (κ3) is 1.86. The fraction of sp³-hybridized carbons (Fsp3) is 0. The number of nitrogens with one attached hydrogen (secondary N) is 1. The van der Waals surface area contributed by atoms with Gasteiger partial charge in [0.2, 0.25) is 0 Å². The zero-order valence-corrected chi connectivity index (χ0v) is 11.0. The third-order valence-corrected chi connectivity index (χ3v) is 3.12. The van der Waals surface area contributed by atoms with E-state index in [1.807, 2.05) is 30.3 Å². The minimum Gasteiger partial charge on any atom is -0.383 e. The molecule has 2 aromatic heterocycles. The number of hydrogen-bond acceptors (Lipinski definition) is 3. The number of aromatic amines is 1. The fourth-order valence-corrected chi connectivity index (χ4v) is 2.17. The van der Waals surface area contributed by atoms with E-state index in [0.29, 0.717) is 5.82 Å². The molecule has 2 heterocycles. The van der Waals surface area contributed by atoms with Crippen LogP contribution >= 0.6 is 22.6 Å². The van der Waals surface area contributed by atoms with Gasteiger partial charge in [0.25, 0.3) is 0 Å². The number of aromatic nitrogens is 3. The quantitative estimate of drug-likeness (QED) is 0.672. The van der Waals surface area contributed by atoms with Crippen LogP contribution in [0.4, 0.5) is 5.82 Å². The van der Waals surface area contributed by atoms with Crippen molar-refractivity contribution in [2.75, 3.05) is 5.73 Å². The van der Waals surface area contributed by atoms with Crippen molar-refractivity contribution < 1.29 is 0 Å². The number of benzene rings is 1. The number of fused-ring (bicyclic) bond motifs is 1. The molecule has 0 saturated carbocycles. The predicted molar refractivity (Wildman–Crippen MR) is 76.5 cm³/mol. The molecule has 5 heteroatoms. The van der Waals surface area contributed by atoms with Crippen molar-refractivity contribution in [3.05, 3.63) is 40.1 Å². The molecule has 0 spiro atoms. The standard InChI is InChI=1S/C12H9IN4/c13-7-5-8(11(14)15-6-7)12-16-9-3-1-2-4-10(9)17-12/h1-6H,(H2,14,15)(H,16,17). The maximum absolute atomic E-state index is 5.87. The summed E-state index contributed by atoms with van der Waals surface area (Å²) >= 11 is 2.21. The Bertz CT molecular complexity index is 657. The van der Waals surface area contributed by atoms with E-state index in [4.69, 9.17) is 5.73 Å². The van der Waals surface area contributed by atoms with E-state index < -0.39 is 0 Å². The molecule has 0 aliphatic rings. The van der Waals surface area contributed by atoms with Crippen molar-refractivity contribution in [2.24, 2.45) is 0 Å². The Morgan fingerprint density at radius 3 is 2.88 bits per heavy atom.